The van der Waals surface area contributed by atoms with Crippen LogP contribution < -0.4 is 20.3 Å². The van der Waals surface area contributed by atoms with Crippen LogP contribution in [0.25, 0.3) is 181 Å². The lowest BCUT2D eigenvalue weighted by Gasteiger charge is -2.48. The van der Waals surface area contributed by atoms with Gasteiger partial charge in [0.25, 0.3) is 0 Å². The third-order valence-corrected chi connectivity index (χ3v) is 29.2. The Bertz CT molecular complexity index is 8760. The smallest absolute Gasteiger partial charge is 0.347 e. The van der Waals surface area contributed by atoms with Crippen LogP contribution >= 0.6 is 0 Å². The number of benzene rings is 18. The lowest BCUT2D eigenvalue weighted by atomic mass is 9.69. The van der Waals surface area contributed by atoms with Crippen molar-refractivity contribution >= 4 is 177 Å². The number of anilines is 7. The number of para-hydroxylation sites is 5. The molecule has 0 saturated carbocycles. The molecule has 6 aromatic heterocycles. The molecule has 2 aliphatic rings. The van der Waals surface area contributed by atoms with E-state index in [0.717, 1.165) is 182 Å². The molecule has 0 saturated heterocycles. The molecule has 12 nitrogen and oxygen atoms in total. The van der Waals surface area contributed by atoms with Crippen molar-refractivity contribution in [2.45, 2.75) is 111 Å². The molecule has 0 bridgehead atoms. The van der Waals surface area contributed by atoms with Crippen LogP contribution in [0, 0.1) is 0 Å². The van der Waals surface area contributed by atoms with E-state index in [2.05, 4.69) is 408 Å². The molecule has 0 atom stereocenters. The topological polar surface area (TPSA) is 127 Å². The van der Waals surface area contributed by atoms with Crippen LogP contribution in [0.2, 0.25) is 0 Å². The van der Waals surface area contributed by atoms with Crippen molar-refractivity contribution in [2.24, 2.45) is 0 Å². The van der Waals surface area contributed by atoms with Crippen LogP contribution in [0.5, 0.6) is 0 Å². The first kappa shape index (κ1) is 85.5. The van der Waals surface area contributed by atoms with Crippen molar-refractivity contribution in [2.75, 3.05) is 27.8 Å². The molecular formula is C127H102N6O6. The van der Waals surface area contributed by atoms with Gasteiger partial charge in [0.2, 0.25) is 0 Å². The van der Waals surface area contributed by atoms with E-state index < -0.39 is 5.63 Å². The van der Waals surface area contributed by atoms with Crippen molar-refractivity contribution in [3.8, 4) is 50.3 Å². The minimum absolute atomic E-state index is 0.0208. The Hall–Kier alpha value is -16.4. The predicted molar refractivity (Wildman–Crippen MR) is 577 cm³/mol. The predicted octanol–water partition coefficient (Wildman–Crippen LogP) is 34.2. The van der Waals surface area contributed by atoms with E-state index in [4.69, 9.17) is 17.7 Å². The summed E-state index contributed by atoms with van der Waals surface area (Å²) in [6.45, 7) is 26.1. The van der Waals surface area contributed by atoms with Crippen LogP contribution in [-0.4, -0.2) is 33.4 Å². The first-order chi connectivity index (χ1) is 67.4. The molecule has 0 N–H and O–H groups in total. The number of furan rings is 3. The number of carbonyl (C=O) groups is 1. The number of aromatic nitrogens is 3. The Kier molecular flexibility index (Phi) is 20.3. The molecule has 26 rings (SSSR count). The van der Waals surface area contributed by atoms with Gasteiger partial charge in [-0.25, -0.2) is 14.8 Å². The average molecular weight is 1810 g/mol. The third-order valence-electron chi connectivity index (χ3n) is 29.2. The molecule has 18 aromatic carbocycles. The largest absolute Gasteiger partial charge is 0.456 e. The summed E-state index contributed by atoms with van der Waals surface area (Å²) < 4.78 is 26.7. The zero-order valence-electron chi connectivity index (χ0n) is 79.7. The highest BCUT2D eigenvalue weighted by atomic mass is 16.4. The van der Waals surface area contributed by atoms with E-state index in [9.17, 15) is 9.59 Å². The third kappa shape index (κ3) is 14.8. The molecule has 12 heteroatoms. The monoisotopic (exact) mass is 1810 g/mol. The van der Waals surface area contributed by atoms with Crippen LogP contribution in [0.4, 0.5) is 39.8 Å². The summed E-state index contributed by atoms with van der Waals surface area (Å²) in [6.07, 6.45) is 3.74. The van der Waals surface area contributed by atoms with Gasteiger partial charge in [0.05, 0.1) is 22.4 Å². The number of hydrogen-bond donors (Lipinski definition) is 0. The maximum absolute atomic E-state index is 12.3. The normalized spacial score (nSPS) is 13.6. The fourth-order valence-electron chi connectivity index (χ4n) is 21.7. The lowest BCUT2D eigenvalue weighted by molar-refractivity contribution is 0.101. The standard InChI is InChI=1S/C72H56N2O2.C34H21N3O.C21H25NO3/c1-71(2,3)51-25-33-55(34-26-51)73(53-29-15-45(16-30-53)49-23-41-67-61(43-49)57-11-7-9-13-65(57)75-67)63-39-21-47-20-38-60-64(40-22-48-19-37-59(63)69(47)70(48)60)74(56-35-27-52(28-36-56)72(4,5)6)54-31-17-46(18-32-54)50-24-42-68-62(44-50)58-12-8-10-14-66(58)76-68;1-4-16-29-26(13-1)27-14-2-5-17-30(27)37(29)25-12-8-10-23(20-25)22-9-7-11-24(19-22)32-34-33(36-21-35-32)28-15-3-6-18-31(28)38-34;1-12(23)14-10-13-11-15-17-16(18(13)25-19(14)24)21(4,5)7-9-22(17)8-6-20(15,2)3/h7-44H,1-6H3;1-21H;10-11H,6-9H2,1-5H3. The van der Waals surface area contributed by atoms with Gasteiger partial charge in [-0.2, -0.15) is 0 Å². The number of hydrogen-bond acceptors (Lipinski definition) is 11. The highest BCUT2D eigenvalue weighted by Gasteiger charge is 2.42. The summed E-state index contributed by atoms with van der Waals surface area (Å²) in [5.41, 5.74) is 31.4. The number of Topliss-reactive ketones (excluding diaryl/α,β-unsaturated/α-hetero) is 1. The maximum atomic E-state index is 12.3. The van der Waals surface area contributed by atoms with Gasteiger partial charge in [0, 0.05) is 112 Å². The van der Waals surface area contributed by atoms with Crippen LogP contribution in [-0.2, 0) is 21.7 Å². The number of fused-ring (bicyclic) bond motifs is 14. The second-order valence-corrected chi connectivity index (χ2v) is 40.9. The molecule has 0 unspecified atom stereocenters. The van der Waals surface area contributed by atoms with Gasteiger partial charge in [-0.3, -0.25) is 4.79 Å². The molecule has 676 valence electrons. The van der Waals surface area contributed by atoms with E-state index in [1.807, 2.05) is 48.5 Å². The summed E-state index contributed by atoms with van der Waals surface area (Å²) in [6, 6.07) is 131. The summed E-state index contributed by atoms with van der Waals surface area (Å²) in [7, 11) is 0. The number of carbonyl (C=O) groups excluding carboxylic acids is 1. The molecule has 139 heavy (non-hydrogen) atoms. The molecule has 8 heterocycles. The Labute approximate surface area is 805 Å². The molecular weight excluding hydrogens is 1710 g/mol. The number of rotatable bonds is 12. The van der Waals surface area contributed by atoms with Crippen molar-refractivity contribution in [3.05, 3.63) is 409 Å². The van der Waals surface area contributed by atoms with Gasteiger partial charge >= 0.3 is 5.63 Å². The van der Waals surface area contributed by atoms with E-state index in [0.29, 0.717) is 11.2 Å². The average Bonchev–Trinajstić information content (AvgIpc) is 1.60. The minimum Gasteiger partial charge on any atom is -0.456 e. The zero-order chi connectivity index (χ0) is 94.6. The van der Waals surface area contributed by atoms with Crippen molar-refractivity contribution in [1.82, 2.24) is 14.5 Å². The fraction of sp³-hybridized carbons (Fsp3) is 0.150. The van der Waals surface area contributed by atoms with Crippen LogP contribution in [0.1, 0.15) is 122 Å². The molecule has 24 aromatic rings. The molecule has 2 aliphatic heterocycles. The number of nitrogens with zero attached hydrogens (tertiary/aromatic N) is 6. The molecule has 0 aliphatic carbocycles. The van der Waals surface area contributed by atoms with Gasteiger partial charge in [0.15, 0.2) is 11.4 Å². The first-order valence-corrected chi connectivity index (χ1v) is 48.2. The Morgan fingerprint density at radius 2 is 0.784 bits per heavy atom. The number of ketones is 1. The second kappa shape index (κ2) is 33.0. The van der Waals surface area contributed by atoms with Crippen LogP contribution in [0.15, 0.2) is 393 Å². The van der Waals surface area contributed by atoms with Gasteiger partial charge in [-0.15, -0.1) is 0 Å². The first-order valence-electron chi connectivity index (χ1n) is 48.2. The Balaban J connectivity index is 0.000000136. The Morgan fingerprint density at radius 3 is 1.30 bits per heavy atom. The highest BCUT2D eigenvalue weighted by Crippen LogP contribution is 2.54. The van der Waals surface area contributed by atoms with E-state index in [1.165, 1.54) is 83.4 Å². The summed E-state index contributed by atoms with van der Waals surface area (Å²) >= 11 is 0. The minimum atomic E-state index is -0.529. The highest BCUT2D eigenvalue weighted by molar-refractivity contribution is 6.28. The van der Waals surface area contributed by atoms with Gasteiger partial charge < -0.3 is 36.9 Å². The van der Waals surface area contributed by atoms with Crippen molar-refractivity contribution < 1.29 is 22.5 Å². The molecule has 0 radical (unpaired) electrons. The molecule has 0 fully saturated rings. The van der Waals surface area contributed by atoms with Crippen molar-refractivity contribution in [3.63, 3.8) is 0 Å². The zero-order valence-corrected chi connectivity index (χ0v) is 79.7. The summed E-state index contributed by atoms with van der Waals surface area (Å²) in [5.74, 6) is -0.248. The van der Waals surface area contributed by atoms with E-state index >= 15 is 0 Å². The van der Waals surface area contributed by atoms with Gasteiger partial charge in [0.1, 0.15) is 56.6 Å². The lowest BCUT2D eigenvalue weighted by Crippen LogP contribution is -2.44. The molecule has 0 spiro atoms. The van der Waals surface area contributed by atoms with Crippen LogP contribution in [0.3, 0.4) is 0 Å². The summed E-state index contributed by atoms with van der Waals surface area (Å²) in [4.78, 5) is 40.6. The molecule has 0 amide bonds. The Morgan fingerprint density at radius 1 is 0.353 bits per heavy atom. The quantitative estimate of drug-likeness (QED) is 0.0659. The second-order valence-electron chi connectivity index (χ2n) is 40.9. The SMILES string of the molecule is CC(=O)c1cc2cc3c4c(c2oc1=O)C(C)(C)CCN4CCC3(C)C.CC(C)(C)c1ccc(N(c2ccc(-c3ccc4oc5ccccc5c4c3)cc2)c2ccc3ccc4c(N(c5ccc(-c6ccc7oc8ccccc8c7c6)cc5)c5ccc(C(C)(C)C)cc5)ccc5ccc2c3c54)cc1.c1cc(-c2cccc(-n3c4ccccc4c4ccccc43)c2)cc(-c2ncnc3c2oc2ccccc23)c1. The van der Waals surface area contributed by atoms with Crippen molar-refractivity contribution in [1.29, 1.82) is 0 Å². The van der Waals surface area contributed by atoms with Gasteiger partial charge in [-0.1, -0.05) is 282 Å². The maximum Gasteiger partial charge on any atom is 0.347 e. The van der Waals surface area contributed by atoms with Gasteiger partial charge in [-0.05, 0) is 265 Å². The summed E-state index contributed by atoms with van der Waals surface area (Å²) in [5, 5.41) is 16.2. The van der Waals surface area contributed by atoms with E-state index in [-0.39, 0.29) is 33.0 Å². The fourth-order valence-corrected chi connectivity index (χ4v) is 21.7. The van der Waals surface area contributed by atoms with E-state index in [1.54, 1.807) is 12.4 Å².